The van der Waals surface area contributed by atoms with Crippen LogP contribution in [0.5, 0.6) is 0 Å². The second kappa shape index (κ2) is 4.10. The van der Waals surface area contributed by atoms with Crippen LogP contribution < -0.4 is 0 Å². The maximum atomic E-state index is 10.8. The molecule has 0 amide bonds. The maximum Gasteiger partial charge on any atom is 0.304 e. The molecule has 0 radical (unpaired) electrons. The van der Waals surface area contributed by atoms with Crippen LogP contribution in [0.3, 0.4) is 0 Å². The van der Waals surface area contributed by atoms with E-state index in [0.29, 0.717) is 11.5 Å². The lowest BCUT2D eigenvalue weighted by molar-refractivity contribution is -0.138. The SMILES string of the molecule is CC(C)(CC(=O)O)c1nc2ccc(Br)cn2n1. The van der Waals surface area contributed by atoms with Crippen LogP contribution in [-0.4, -0.2) is 25.7 Å². The van der Waals surface area contributed by atoms with Crippen LogP contribution in [0.25, 0.3) is 5.65 Å². The van der Waals surface area contributed by atoms with Crippen molar-refractivity contribution in [3.63, 3.8) is 0 Å². The molecule has 6 heteroatoms. The molecular formula is C11H12BrN3O2. The third-order valence-electron chi connectivity index (χ3n) is 2.49. The summed E-state index contributed by atoms with van der Waals surface area (Å²) in [6, 6.07) is 3.70. The molecule has 1 N–H and O–H groups in total. The minimum atomic E-state index is -0.852. The maximum absolute atomic E-state index is 10.8. The Bertz CT molecular complexity index is 577. The summed E-state index contributed by atoms with van der Waals surface area (Å²) < 4.78 is 2.54. The predicted molar refractivity (Wildman–Crippen MR) is 66.0 cm³/mol. The van der Waals surface area contributed by atoms with Crippen molar-refractivity contribution < 1.29 is 9.90 Å². The van der Waals surface area contributed by atoms with Gasteiger partial charge >= 0.3 is 5.97 Å². The molecule has 2 heterocycles. The molecule has 0 unspecified atom stereocenters. The van der Waals surface area contributed by atoms with E-state index in [9.17, 15) is 4.79 Å². The molecule has 2 aromatic heterocycles. The van der Waals surface area contributed by atoms with Gasteiger partial charge in [-0.05, 0) is 28.1 Å². The van der Waals surface area contributed by atoms with Crippen molar-refractivity contribution in [2.45, 2.75) is 25.7 Å². The molecular weight excluding hydrogens is 286 g/mol. The van der Waals surface area contributed by atoms with Crippen LogP contribution in [0.4, 0.5) is 0 Å². The van der Waals surface area contributed by atoms with Gasteiger partial charge in [-0.3, -0.25) is 4.79 Å². The van der Waals surface area contributed by atoms with Crippen LogP contribution in [0, 0.1) is 0 Å². The molecule has 5 nitrogen and oxygen atoms in total. The fraction of sp³-hybridized carbons (Fsp3) is 0.364. The molecule has 2 rings (SSSR count). The van der Waals surface area contributed by atoms with Crippen LogP contribution in [0.15, 0.2) is 22.8 Å². The molecule has 0 aliphatic carbocycles. The topological polar surface area (TPSA) is 67.5 Å². The molecule has 0 saturated heterocycles. The number of hydrogen-bond donors (Lipinski definition) is 1. The van der Waals surface area contributed by atoms with E-state index >= 15 is 0 Å². The Hall–Kier alpha value is -1.43. The van der Waals surface area contributed by atoms with Gasteiger partial charge in [-0.2, -0.15) is 5.10 Å². The fourth-order valence-electron chi connectivity index (χ4n) is 1.60. The second-order valence-corrected chi connectivity index (χ2v) is 5.46. The lowest BCUT2D eigenvalue weighted by atomic mass is 9.89. The monoisotopic (exact) mass is 297 g/mol. The second-order valence-electron chi connectivity index (χ2n) is 4.54. The third kappa shape index (κ3) is 2.46. The van der Waals surface area contributed by atoms with E-state index in [-0.39, 0.29) is 6.42 Å². The molecule has 0 spiro atoms. The van der Waals surface area contributed by atoms with Gasteiger partial charge in [-0.1, -0.05) is 13.8 Å². The summed E-state index contributed by atoms with van der Waals surface area (Å²) >= 11 is 3.35. The van der Waals surface area contributed by atoms with Gasteiger partial charge in [-0.15, -0.1) is 0 Å². The highest BCUT2D eigenvalue weighted by Crippen LogP contribution is 2.24. The first kappa shape index (κ1) is 12.0. The van der Waals surface area contributed by atoms with Gasteiger partial charge in [0, 0.05) is 16.1 Å². The molecule has 2 aromatic rings. The number of halogens is 1. The summed E-state index contributed by atoms with van der Waals surface area (Å²) in [6.07, 6.45) is 1.80. The number of aliphatic carboxylic acids is 1. The van der Waals surface area contributed by atoms with Crippen molar-refractivity contribution in [3.05, 3.63) is 28.6 Å². The molecule has 0 aliphatic rings. The largest absolute Gasteiger partial charge is 0.481 e. The number of carbonyl (C=O) groups is 1. The van der Waals surface area contributed by atoms with Crippen molar-refractivity contribution in [2.75, 3.05) is 0 Å². The van der Waals surface area contributed by atoms with Crippen molar-refractivity contribution in [3.8, 4) is 0 Å². The summed E-state index contributed by atoms with van der Waals surface area (Å²) in [5, 5.41) is 13.2. The van der Waals surface area contributed by atoms with E-state index in [1.165, 1.54) is 0 Å². The average Bonchev–Trinajstić information content (AvgIpc) is 2.58. The zero-order valence-electron chi connectivity index (χ0n) is 9.51. The smallest absolute Gasteiger partial charge is 0.304 e. The molecule has 0 atom stereocenters. The standard InChI is InChI=1S/C11H12BrN3O2/c1-11(2,5-9(16)17)10-13-8-4-3-7(12)6-15(8)14-10/h3-4,6H,5H2,1-2H3,(H,16,17). The number of pyridine rings is 1. The minimum absolute atomic E-state index is 0.00501. The van der Waals surface area contributed by atoms with Crippen molar-refractivity contribution in [1.82, 2.24) is 14.6 Å². The summed E-state index contributed by atoms with van der Waals surface area (Å²) in [5.74, 6) is -0.312. The average molecular weight is 298 g/mol. The van der Waals surface area contributed by atoms with E-state index < -0.39 is 11.4 Å². The molecule has 0 saturated carbocycles. The molecule has 17 heavy (non-hydrogen) atoms. The van der Waals surface area contributed by atoms with Gasteiger partial charge in [0.05, 0.1) is 6.42 Å². The quantitative estimate of drug-likeness (QED) is 0.943. The molecule has 0 fully saturated rings. The first-order valence-corrected chi connectivity index (χ1v) is 5.92. The summed E-state index contributed by atoms with van der Waals surface area (Å²) in [7, 11) is 0. The first-order chi connectivity index (χ1) is 7.88. The third-order valence-corrected chi connectivity index (χ3v) is 2.96. The number of hydrogen-bond acceptors (Lipinski definition) is 3. The Kier molecular flexibility index (Phi) is 2.91. The Morgan fingerprint density at radius 1 is 1.53 bits per heavy atom. The van der Waals surface area contributed by atoms with Crippen LogP contribution in [0.2, 0.25) is 0 Å². The van der Waals surface area contributed by atoms with Crippen LogP contribution in [0.1, 0.15) is 26.1 Å². The highest BCUT2D eigenvalue weighted by molar-refractivity contribution is 9.10. The molecule has 0 aliphatic heterocycles. The van der Waals surface area contributed by atoms with Crippen LogP contribution in [-0.2, 0) is 10.2 Å². The molecule has 90 valence electrons. The highest BCUT2D eigenvalue weighted by atomic mass is 79.9. The predicted octanol–water partition coefficient (Wildman–Crippen LogP) is 2.24. The number of carboxylic acid groups (broad SMARTS) is 1. The zero-order valence-corrected chi connectivity index (χ0v) is 11.1. The Balaban J connectivity index is 2.45. The van der Waals surface area contributed by atoms with Gasteiger partial charge in [0.2, 0.25) is 0 Å². The van der Waals surface area contributed by atoms with Gasteiger partial charge in [0.25, 0.3) is 0 Å². The number of nitrogens with zero attached hydrogens (tertiary/aromatic N) is 3. The summed E-state index contributed by atoms with van der Waals surface area (Å²) in [5.41, 5.74) is 0.131. The molecule has 0 bridgehead atoms. The van der Waals surface area contributed by atoms with Gasteiger partial charge in [0.15, 0.2) is 11.5 Å². The van der Waals surface area contributed by atoms with Gasteiger partial charge in [0.1, 0.15) is 0 Å². The van der Waals surface area contributed by atoms with E-state index in [2.05, 4.69) is 26.0 Å². The Morgan fingerprint density at radius 2 is 2.24 bits per heavy atom. The summed E-state index contributed by atoms with van der Waals surface area (Å²) in [6.45, 7) is 3.65. The van der Waals surface area contributed by atoms with Crippen molar-refractivity contribution >= 4 is 27.5 Å². The van der Waals surface area contributed by atoms with E-state index in [4.69, 9.17) is 5.11 Å². The minimum Gasteiger partial charge on any atom is -0.481 e. The summed E-state index contributed by atoms with van der Waals surface area (Å²) in [4.78, 5) is 15.1. The number of fused-ring (bicyclic) bond motifs is 1. The zero-order chi connectivity index (χ0) is 12.6. The van der Waals surface area contributed by atoms with E-state index in [1.54, 1.807) is 10.7 Å². The number of aromatic nitrogens is 3. The highest BCUT2D eigenvalue weighted by Gasteiger charge is 2.28. The number of rotatable bonds is 3. The number of carboxylic acids is 1. The lowest BCUT2D eigenvalue weighted by Crippen LogP contribution is -2.23. The Morgan fingerprint density at radius 3 is 2.88 bits per heavy atom. The van der Waals surface area contributed by atoms with Crippen molar-refractivity contribution in [1.29, 1.82) is 0 Å². The van der Waals surface area contributed by atoms with Gasteiger partial charge < -0.3 is 5.11 Å². The first-order valence-electron chi connectivity index (χ1n) is 5.13. The molecule has 0 aromatic carbocycles. The lowest BCUT2D eigenvalue weighted by Gasteiger charge is -2.17. The van der Waals surface area contributed by atoms with E-state index in [0.717, 1.165) is 4.47 Å². The van der Waals surface area contributed by atoms with Crippen LogP contribution >= 0.6 is 15.9 Å². The Labute approximate surface area is 107 Å². The van der Waals surface area contributed by atoms with Crippen molar-refractivity contribution in [2.24, 2.45) is 0 Å². The van der Waals surface area contributed by atoms with E-state index in [1.807, 2.05) is 26.0 Å². The normalized spacial score (nSPS) is 11.9. The van der Waals surface area contributed by atoms with Gasteiger partial charge in [-0.25, -0.2) is 9.50 Å². The fourth-order valence-corrected chi connectivity index (χ4v) is 1.93.